The van der Waals surface area contributed by atoms with Crippen LogP contribution in [0.1, 0.15) is 30.9 Å². The van der Waals surface area contributed by atoms with E-state index >= 15 is 0 Å². The van der Waals surface area contributed by atoms with Gasteiger partial charge >= 0.3 is 0 Å². The first kappa shape index (κ1) is 14.2. The summed E-state index contributed by atoms with van der Waals surface area (Å²) in [6, 6.07) is 17.5. The van der Waals surface area contributed by atoms with Crippen LogP contribution in [-0.4, -0.2) is 7.05 Å². The molecule has 0 saturated heterocycles. The van der Waals surface area contributed by atoms with Crippen LogP contribution in [0.3, 0.4) is 0 Å². The van der Waals surface area contributed by atoms with Gasteiger partial charge in [0, 0.05) is 16.3 Å². The number of hydrogen-bond acceptors (Lipinski definition) is 2. The predicted octanol–water partition coefficient (Wildman–Crippen LogP) is 4.68. The SMILES string of the molecule is CNCc1ccccc1Sc1ccc(C(C)C)cc1. The van der Waals surface area contributed by atoms with Crippen molar-refractivity contribution in [2.45, 2.75) is 36.1 Å². The molecule has 100 valence electrons. The van der Waals surface area contributed by atoms with Crippen LogP contribution in [0, 0.1) is 0 Å². The Bertz CT molecular complexity index is 517. The van der Waals surface area contributed by atoms with Crippen molar-refractivity contribution >= 4 is 11.8 Å². The van der Waals surface area contributed by atoms with Gasteiger partial charge in [-0.3, -0.25) is 0 Å². The molecular weight excluding hydrogens is 250 g/mol. The van der Waals surface area contributed by atoms with Gasteiger partial charge < -0.3 is 5.32 Å². The average molecular weight is 271 g/mol. The molecule has 19 heavy (non-hydrogen) atoms. The molecule has 0 spiro atoms. The summed E-state index contributed by atoms with van der Waals surface area (Å²) in [7, 11) is 1.98. The van der Waals surface area contributed by atoms with Gasteiger partial charge in [-0.05, 0) is 42.3 Å². The van der Waals surface area contributed by atoms with Crippen molar-refractivity contribution in [1.82, 2.24) is 5.32 Å². The van der Waals surface area contributed by atoms with Crippen molar-refractivity contribution in [2.75, 3.05) is 7.05 Å². The fourth-order valence-corrected chi connectivity index (χ4v) is 2.93. The lowest BCUT2D eigenvalue weighted by molar-refractivity contribution is 0.803. The molecule has 2 aromatic carbocycles. The van der Waals surface area contributed by atoms with Gasteiger partial charge in [0.15, 0.2) is 0 Å². The van der Waals surface area contributed by atoms with E-state index in [1.807, 2.05) is 18.8 Å². The molecule has 0 aromatic heterocycles. The van der Waals surface area contributed by atoms with Crippen LogP contribution >= 0.6 is 11.8 Å². The summed E-state index contributed by atoms with van der Waals surface area (Å²) in [6.45, 7) is 5.36. The third kappa shape index (κ3) is 3.85. The van der Waals surface area contributed by atoms with Gasteiger partial charge in [-0.15, -0.1) is 0 Å². The van der Waals surface area contributed by atoms with Gasteiger partial charge in [-0.25, -0.2) is 0 Å². The topological polar surface area (TPSA) is 12.0 Å². The molecule has 0 aliphatic carbocycles. The largest absolute Gasteiger partial charge is 0.316 e. The van der Waals surface area contributed by atoms with Crippen LogP contribution in [0.5, 0.6) is 0 Å². The van der Waals surface area contributed by atoms with Crippen molar-refractivity contribution < 1.29 is 0 Å². The molecule has 0 fully saturated rings. The Morgan fingerprint density at radius 1 is 1.00 bits per heavy atom. The van der Waals surface area contributed by atoms with Gasteiger partial charge in [0.05, 0.1) is 0 Å². The molecule has 0 aliphatic rings. The Kier molecular flexibility index (Phi) is 5.06. The standard InChI is InChI=1S/C17H21NS/c1-13(2)14-8-10-16(11-9-14)19-17-7-5-4-6-15(17)12-18-3/h4-11,13,18H,12H2,1-3H3. The molecule has 1 nitrogen and oxygen atoms in total. The van der Waals surface area contributed by atoms with Gasteiger partial charge in [0.2, 0.25) is 0 Å². The Morgan fingerprint density at radius 2 is 1.68 bits per heavy atom. The second kappa shape index (κ2) is 6.78. The quantitative estimate of drug-likeness (QED) is 0.847. The summed E-state index contributed by atoms with van der Waals surface area (Å²) in [5.74, 6) is 0.593. The molecule has 1 N–H and O–H groups in total. The van der Waals surface area contributed by atoms with E-state index in [0.717, 1.165) is 6.54 Å². The third-order valence-electron chi connectivity index (χ3n) is 3.11. The zero-order chi connectivity index (χ0) is 13.7. The Balaban J connectivity index is 2.16. The van der Waals surface area contributed by atoms with Crippen LogP contribution in [0.2, 0.25) is 0 Å². The molecule has 2 aromatic rings. The molecule has 0 aliphatic heterocycles. The van der Waals surface area contributed by atoms with E-state index in [2.05, 4.69) is 67.7 Å². The minimum Gasteiger partial charge on any atom is -0.316 e. The number of rotatable bonds is 5. The smallest absolute Gasteiger partial charge is 0.0213 e. The molecule has 0 atom stereocenters. The fraction of sp³-hybridized carbons (Fsp3) is 0.294. The highest BCUT2D eigenvalue weighted by atomic mass is 32.2. The van der Waals surface area contributed by atoms with Gasteiger partial charge in [0.1, 0.15) is 0 Å². The molecule has 0 saturated carbocycles. The summed E-state index contributed by atoms with van der Waals surface area (Å²) in [4.78, 5) is 2.63. The molecule has 0 unspecified atom stereocenters. The van der Waals surface area contributed by atoms with Crippen LogP contribution in [0.15, 0.2) is 58.3 Å². The third-order valence-corrected chi connectivity index (χ3v) is 4.24. The molecule has 2 heteroatoms. The first-order chi connectivity index (χ1) is 9.20. The molecule has 0 bridgehead atoms. The van der Waals surface area contributed by atoms with E-state index in [0.29, 0.717) is 5.92 Å². The van der Waals surface area contributed by atoms with E-state index in [9.17, 15) is 0 Å². The summed E-state index contributed by atoms with van der Waals surface area (Å²) in [5, 5.41) is 3.22. The van der Waals surface area contributed by atoms with Crippen LogP contribution in [-0.2, 0) is 6.54 Å². The Hall–Kier alpha value is -1.25. The van der Waals surface area contributed by atoms with Crippen LogP contribution in [0.25, 0.3) is 0 Å². The average Bonchev–Trinajstić information content (AvgIpc) is 2.42. The minimum absolute atomic E-state index is 0.593. The summed E-state index contributed by atoms with van der Waals surface area (Å²) >= 11 is 1.83. The lowest BCUT2D eigenvalue weighted by Crippen LogP contribution is -2.05. The van der Waals surface area contributed by atoms with E-state index < -0.39 is 0 Å². The fourth-order valence-electron chi connectivity index (χ4n) is 1.99. The van der Waals surface area contributed by atoms with Gasteiger partial charge in [-0.2, -0.15) is 0 Å². The second-order valence-corrected chi connectivity index (χ2v) is 6.08. The maximum absolute atomic E-state index is 3.22. The van der Waals surface area contributed by atoms with Gasteiger partial charge in [0.25, 0.3) is 0 Å². The maximum Gasteiger partial charge on any atom is 0.0213 e. The first-order valence-corrected chi connectivity index (χ1v) is 7.52. The number of benzene rings is 2. The number of nitrogens with one attached hydrogen (secondary N) is 1. The highest BCUT2D eigenvalue weighted by Gasteiger charge is 2.04. The van der Waals surface area contributed by atoms with Crippen LogP contribution < -0.4 is 5.32 Å². The lowest BCUT2D eigenvalue weighted by atomic mass is 10.0. The Labute approximate surface area is 120 Å². The molecular formula is C17H21NS. The van der Waals surface area contributed by atoms with Crippen molar-refractivity contribution in [1.29, 1.82) is 0 Å². The van der Waals surface area contributed by atoms with Gasteiger partial charge in [-0.1, -0.05) is 55.9 Å². The summed E-state index contributed by atoms with van der Waals surface area (Å²) in [6.07, 6.45) is 0. The van der Waals surface area contributed by atoms with Crippen LogP contribution in [0.4, 0.5) is 0 Å². The first-order valence-electron chi connectivity index (χ1n) is 6.71. The van der Waals surface area contributed by atoms with E-state index in [4.69, 9.17) is 0 Å². The van der Waals surface area contributed by atoms with Crippen molar-refractivity contribution in [3.05, 3.63) is 59.7 Å². The highest BCUT2D eigenvalue weighted by molar-refractivity contribution is 7.99. The van der Waals surface area contributed by atoms with Crippen molar-refractivity contribution in [2.24, 2.45) is 0 Å². The highest BCUT2D eigenvalue weighted by Crippen LogP contribution is 2.31. The zero-order valence-corrected chi connectivity index (χ0v) is 12.6. The summed E-state index contributed by atoms with van der Waals surface area (Å²) < 4.78 is 0. The maximum atomic E-state index is 3.22. The second-order valence-electron chi connectivity index (χ2n) is 4.96. The van der Waals surface area contributed by atoms with E-state index in [-0.39, 0.29) is 0 Å². The number of hydrogen-bond donors (Lipinski definition) is 1. The minimum atomic E-state index is 0.593. The lowest BCUT2D eigenvalue weighted by Gasteiger charge is -2.10. The van der Waals surface area contributed by atoms with E-state index in [1.165, 1.54) is 20.9 Å². The normalized spacial score (nSPS) is 10.9. The molecule has 0 heterocycles. The molecule has 0 radical (unpaired) electrons. The molecule has 0 amide bonds. The van der Waals surface area contributed by atoms with Crippen molar-refractivity contribution in [3.63, 3.8) is 0 Å². The predicted molar refractivity (Wildman–Crippen MR) is 83.9 cm³/mol. The summed E-state index contributed by atoms with van der Waals surface area (Å²) in [5.41, 5.74) is 2.75. The van der Waals surface area contributed by atoms with E-state index in [1.54, 1.807) is 0 Å². The van der Waals surface area contributed by atoms with Crippen molar-refractivity contribution in [3.8, 4) is 0 Å². The zero-order valence-electron chi connectivity index (χ0n) is 11.8. The monoisotopic (exact) mass is 271 g/mol. The molecule has 2 rings (SSSR count). The Morgan fingerprint density at radius 3 is 2.32 bits per heavy atom.